The van der Waals surface area contributed by atoms with Gasteiger partial charge in [-0.3, -0.25) is 9.69 Å². The van der Waals surface area contributed by atoms with Gasteiger partial charge in [0.1, 0.15) is 0 Å². The summed E-state index contributed by atoms with van der Waals surface area (Å²) in [6.45, 7) is 0. The summed E-state index contributed by atoms with van der Waals surface area (Å²) < 4.78 is 0. The van der Waals surface area contributed by atoms with Gasteiger partial charge in [-0.05, 0) is 0 Å². The molecule has 2 aliphatic rings. The number of carbonyl (C=O) groups is 2. The molecule has 88 valence electrons. The van der Waals surface area contributed by atoms with Gasteiger partial charge in [-0.15, -0.1) is 0 Å². The summed E-state index contributed by atoms with van der Waals surface area (Å²) >= 11 is 0. The van der Waals surface area contributed by atoms with Crippen LogP contribution in [0.1, 0.15) is 5.56 Å². The summed E-state index contributed by atoms with van der Waals surface area (Å²) in [5.74, 6) is 0.0300. The molecule has 6 nitrogen and oxygen atoms in total. The molecule has 0 N–H and O–H groups in total. The molecule has 2 heterocycles. The van der Waals surface area contributed by atoms with Crippen LogP contribution in [0.2, 0.25) is 0 Å². The van der Waals surface area contributed by atoms with E-state index in [1.165, 1.54) is 7.05 Å². The highest BCUT2D eigenvalue weighted by molar-refractivity contribution is 6.72. The number of benzene rings is 1. The Hall–Kier alpha value is -2.63. The number of nitrogens with zero attached hydrogens (tertiary/aromatic N) is 4. The number of hydrogen-bond acceptors (Lipinski definition) is 4. The second kappa shape index (κ2) is 3.69. The Bertz CT molecular complexity index is 643. The van der Waals surface area contributed by atoms with Crippen molar-refractivity contribution >= 4 is 29.3 Å². The minimum Gasteiger partial charge on any atom is -0.267 e. The monoisotopic (exact) mass is 240 g/mol. The van der Waals surface area contributed by atoms with Gasteiger partial charge in [0.25, 0.3) is 5.91 Å². The third-order valence-corrected chi connectivity index (χ3v) is 2.67. The largest absolute Gasteiger partial charge is 0.352 e. The van der Waals surface area contributed by atoms with Crippen LogP contribution in [0, 0.1) is 0 Å². The lowest BCUT2D eigenvalue weighted by Gasteiger charge is -2.15. The van der Waals surface area contributed by atoms with Gasteiger partial charge in [-0.2, -0.15) is 4.99 Å². The van der Waals surface area contributed by atoms with Gasteiger partial charge >= 0.3 is 6.03 Å². The van der Waals surface area contributed by atoms with E-state index in [1.54, 1.807) is 0 Å². The third-order valence-electron chi connectivity index (χ3n) is 2.67. The zero-order valence-corrected chi connectivity index (χ0v) is 9.49. The molecule has 0 unspecified atom stereocenters. The minimum absolute atomic E-state index is 0.0990. The lowest BCUT2D eigenvalue weighted by molar-refractivity contribution is -0.120. The predicted octanol–water partition coefficient (Wildman–Crippen LogP) is 0.878. The summed E-state index contributed by atoms with van der Waals surface area (Å²) in [5.41, 5.74) is 0.904. The van der Waals surface area contributed by atoms with Crippen molar-refractivity contribution < 1.29 is 9.59 Å². The van der Waals surface area contributed by atoms with Crippen LogP contribution in [0.3, 0.4) is 0 Å². The van der Waals surface area contributed by atoms with Gasteiger partial charge in [0.2, 0.25) is 0 Å². The van der Waals surface area contributed by atoms with Crippen molar-refractivity contribution in [1.29, 1.82) is 0 Å². The van der Waals surface area contributed by atoms with Gasteiger partial charge in [0.15, 0.2) is 17.4 Å². The lowest BCUT2D eigenvalue weighted by atomic mass is 10.2. The van der Waals surface area contributed by atoms with E-state index in [-0.39, 0.29) is 11.5 Å². The smallest absolute Gasteiger partial charge is 0.267 e. The number of amides is 3. The zero-order chi connectivity index (χ0) is 12.7. The van der Waals surface area contributed by atoms with Gasteiger partial charge in [0, 0.05) is 12.6 Å². The van der Waals surface area contributed by atoms with E-state index in [1.807, 2.05) is 30.3 Å². The Labute approximate surface area is 102 Å². The molecule has 1 aromatic rings. The topological polar surface area (TPSA) is 74.5 Å². The molecule has 6 heteroatoms. The van der Waals surface area contributed by atoms with E-state index in [0.717, 1.165) is 10.5 Å². The summed E-state index contributed by atoms with van der Waals surface area (Å²) in [5, 5.41) is 0. The maximum absolute atomic E-state index is 11.8. The zero-order valence-electron chi connectivity index (χ0n) is 9.49. The van der Waals surface area contributed by atoms with E-state index < -0.39 is 11.9 Å². The molecule has 3 amide bonds. The van der Waals surface area contributed by atoms with Crippen molar-refractivity contribution in [3.63, 3.8) is 0 Å². The average Bonchev–Trinajstić information content (AvgIpc) is 2.81. The Morgan fingerprint density at radius 3 is 2.39 bits per heavy atom. The maximum atomic E-state index is 11.8. The summed E-state index contributed by atoms with van der Waals surface area (Å²) in [6.07, 6.45) is 0. The molecular formula is C12H8N4O2. The van der Waals surface area contributed by atoms with E-state index in [9.17, 15) is 9.59 Å². The molecule has 3 rings (SSSR count). The van der Waals surface area contributed by atoms with E-state index in [0.29, 0.717) is 5.84 Å². The number of rotatable bonds is 1. The first-order valence-electron chi connectivity index (χ1n) is 5.30. The number of aliphatic imine (C=N–C) groups is 3. The molecule has 0 radical (unpaired) electrons. The molecule has 0 saturated carbocycles. The molecule has 18 heavy (non-hydrogen) atoms. The van der Waals surface area contributed by atoms with Gasteiger partial charge in [0.05, 0.1) is 0 Å². The number of carbonyl (C=O) groups excluding carboxylic acids is 2. The van der Waals surface area contributed by atoms with Gasteiger partial charge < -0.3 is 0 Å². The Kier molecular flexibility index (Phi) is 2.16. The Morgan fingerprint density at radius 1 is 0.944 bits per heavy atom. The van der Waals surface area contributed by atoms with Crippen LogP contribution >= 0.6 is 0 Å². The predicted molar refractivity (Wildman–Crippen MR) is 66.0 cm³/mol. The van der Waals surface area contributed by atoms with Crippen molar-refractivity contribution in [2.24, 2.45) is 15.0 Å². The van der Waals surface area contributed by atoms with Crippen molar-refractivity contribution in [3.8, 4) is 0 Å². The van der Waals surface area contributed by atoms with Crippen molar-refractivity contribution in [1.82, 2.24) is 4.90 Å². The number of fused-ring (bicyclic) bond motifs is 1. The Morgan fingerprint density at radius 2 is 1.67 bits per heavy atom. The summed E-state index contributed by atoms with van der Waals surface area (Å²) in [6, 6.07) is 8.61. The van der Waals surface area contributed by atoms with Crippen LogP contribution in [0.4, 0.5) is 4.79 Å². The minimum atomic E-state index is -0.619. The SMILES string of the molecule is CN1C(=O)N=C2N=C(c3ccccc3)N=C2C1=O. The molecule has 0 aliphatic carbocycles. The highest BCUT2D eigenvalue weighted by atomic mass is 16.2. The molecule has 0 saturated heterocycles. The number of amidine groups is 2. The Balaban J connectivity index is 2.08. The fraction of sp³-hybridized carbons (Fsp3) is 0.0833. The normalized spacial score (nSPS) is 18.3. The highest BCUT2D eigenvalue weighted by Crippen LogP contribution is 2.14. The highest BCUT2D eigenvalue weighted by Gasteiger charge is 2.35. The van der Waals surface area contributed by atoms with Crippen LogP contribution in [0.5, 0.6) is 0 Å². The lowest BCUT2D eigenvalue weighted by Crippen LogP contribution is -2.43. The van der Waals surface area contributed by atoms with Crippen LogP contribution in [-0.4, -0.2) is 41.3 Å². The molecule has 0 atom stereocenters. The average molecular weight is 240 g/mol. The molecule has 0 aromatic heterocycles. The molecule has 0 fully saturated rings. The third kappa shape index (κ3) is 1.46. The summed E-state index contributed by atoms with van der Waals surface area (Å²) in [7, 11) is 1.37. The molecule has 2 aliphatic heterocycles. The maximum Gasteiger partial charge on any atom is 0.352 e. The van der Waals surface area contributed by atoms with Crippen molar-refractivity contribution in [2.75, 3.05) is 7.05 Å². The van der Waals surface area contributed by atoms with Crippen LogP contribution in [-0.2, 0) is 4.79 Å². The molecule has 1 aromatic carbocycles. The van der Waals surface area contributed by atoms with E-state index in [4.69, 9.17) is 0 Å². The standard InChI is InChI=1S/C12H8N4O2/c1-16-11(17)8-10(15-12(16)18)14-9(13-8)7-5-3-2-4-6-7/h2-6H,1H3. The second-order valence-electron chi connectivity index (χ2n) is 3.84. The number of urea groups is 1. The second-order valence-corrected chi connectivity index (χ2v) is 3.84. The molecule has 0 bridgehead atoms. The van der Waals surface area contributed by atoms with Gasteiger partial charge in [-0.1, -0.05) is 30.3 Å². The van der Waals surface area contributed by atoms with E-state index >= 15 is 0 Å². The number of hydrogen-bond donors (Lipinski definition) is 0. The van der Waals surface area contributed by atoms with Crippen molar-refractivity contribution in [2.45, 2.75) is 0 Å². The molecular weight excluding hydrogens is 232 g/mol. The van der Waals surface area contributed by atoms with Crippen LogP contribution in [0.15, 0.2) is 45.3 Å². The first-order valence-corrected chi connectivity index (χ1v) is 5.30. The fourth-order valence-corrected chi connectivity index (χ4v) is 1.68. The molecule has 0 spiro atoms. The number of imide groups is 1. The first-order chi connectivity index (χ1) is 8.66. The van der Waals surface area contributed by atoms with Gasteiger partial charge in [-0.25, -0.2) is 14.8 Å². The quantitative estimate of drug-likeness (QED) is 0.730. The van der Waals surface area contributed by atoms with Crippen LogP contribution < -0.4 is 0 Å². The fourth-order valence-electron chi connectivity index (χ4n) is 1.68. The first kappa shape index (κ1) is 10.5. The van der Waals surface area contributed by atoms with Crippen molar-refractivity contribution in [3.05, 3.63) is 35.9 Å². The van der Waals surface area contributed by atoms with E-state index in [2.05, 4.69) is 15.0 Å². The van der Waals surface area contributed by atoms with Crippen LogP contribution in [0.25, 0.3) is 0 Å². The summed E-state index contributed by atoms with van der Waals surface area (Å²) in [4.78, 5) is 36.1.